The van der Waals surface area contributed by atoms with E-state index in [0.717, 1.165) is 6.42 Å². The van der Waals surface area contributed by atoms with Crippen molar-refractivity contribution in [2.45, 2.75) is 39.4 Å². The maximum atomic E-state index is 9.36. The van der Waals surface area contributed by atoms with Crippen molar-refractivity contribution >= 4 is 0 Å². The lowest BCUT2D eigenvalue weighted by atomic mass is 10.0. The van der Waals surface area contributed by atoms with Crippen molar-refractivity contribution in [3.63, 3.8) is 0 Å². The lowest BCUT2D eigenvalue weighted by molar-refractivity contribution is -0.0385. The van der Waals surface area contributed by atoms with Gasteiger partial charge in [0.05, 0.1) is 12.2 Å². The van der Waals surface area contributed by atoms with Gasteiger partial charge in [-0.05, 0) is 12.3 Å². The lowest BCUT2D eigenvalue weighted by Crippen LogP contribution is -2.32. The molecule has 0 aromatic carbocycles. The van der Waals surface area contributed by atoms with Gasteiger partial charge >= 0.3 is 0 Å². The second-order valence-corrected chi connectivity index (χ2v) is 2.92. The molecule has 0 saturated heterocycles. The Morgan fingerprint density at radius 2 is 1.90 bits per heavy atom. The van der Waals surface area contributed by atoms with E-state index in [1.807, 2.05) is 20.8 Å². The van der Waals surface area contributed by atoms with E-state index in [-0.39, 0.29) is 12.2 Å². The van der Waals surface area contributed by atoms with Gasteiger partial charge in [0.15, 0.2) is 0 Å². The van der Waals surface area contributed by atoms with E-state index in [1.54, 1.807) is 7.11 Å². The van der Waals surface area contributed by atoms with Crippen LogP contribution in [0.4, 0.5) is 0 Å². The van der Waals surface area contributed by atoms with Gasteiger partial charge < -0.3 is 9.84 Å². The third-order valence-electron chi connectivity index (χ3n) is 1.73. The number of hydrogen-bond acceptors (Lipinski definition) is 2. The minimum absolute atomic E-state index is 0.00926. The first-order valence-corrected chi connectivity index (χ1v) is 3.84. The van der Waals surface area contributed by atoms with Crippen LogP contribution in [0.15, 0.2) is 0 Å². The lowest BCUT2D eigenvalue weighted by Gasteiger charge is -2.23. The van der Waals surface area contributed by atoms with Crippen LogP contribution in [-0.2, 0) is 4.74 Å². The van der Waals surface area contributed by atoms with Crippen LogP contribution in [0.1, 0.15) is 27.2 Å². The number of rotatable bonds is 4. The van der Waals surface area contributed by atoms with Crippen molar-refractivity contribution in [3.8, 4) is 0 Å². The summed E-state index contributed by atoms with van der Waals surface area (Å²) in [5, 5.41) is 9.36. The Kier molecular flexibility index (Phi) is 4.65. The SMILES string of the molecule is CCC(O)C(OC)C(C)C. The molecule has 2 heteroatoms. The Bertz CT molecular complexity index is 81.3. The molecule has 2 unspecified atom stereocenters. The monoisotopic (exact) mass is 146 g/mol. The Morgan fingerprint density at radius 1 is 1.40 bits per heavy atom. The zero-order chi connectivity index (χ0) is 8.15. The minimum Gasteiger partial charge on any atom is -0.390 e. The Balaban J connectivity index is 3.80. The van der Waals surface area contributed by atoms with E-state index < -0.39 is 0 Å². The van der Waals surface area contributed by atoms with Crippen LogP contribution < -0.4 is 0 Å². The van der Waals surface area contributed by atoms with Crippen LogP contribution in [0.2, 0.25) is 0 Å². The average Bonchev–Trinajstić information content (AvgIpc) is 1.88. The zero-order valence-electron chi connectivity index (χ0n) is 7.29. The molecule has 0 heterocycles. The van der Waals surface area contributed by atoms with E-state index >= 15 is 0 Å². The Morgan fingerprint density at radius 3 is 2.00 bits per heavy atom. The summed E-state index contributed by atoms with van der Waals surface area (Å²) in [6, 6.07) is 0. The topological polar surface area (TPSA) is 29.5 Å². The van der Waals surface area contributed by atoms with Gasteiger partial charge in [0.2, 0.25) is 0 Å². The van der Waals surface area contributed by atoms with Crippen LogP contribution in [0.5, 0.6) is 0 Å². The first kappa shape index (κ1) is 9.92. The summed E-state index contributed by atoms with van der Waals surface area (Å²) >= 11 is 0. The summed E-state index contributed by atoms with van der Waals surface area (Å²) in [6.07, 6.45) is 0.437. The molecule has 0 rings (SSSR count). The maximum Gasteiger partial charge on any atom is 0.0852 e. The molecule has 0 spiro atoms. The van der Waals surface area contributed by atoms with Gasteiger partial charge in [-0.3, -0.25) is 0 Å². The highest BCUT2D eigenvalue weighted by Gasteiger charge is 2.19. The maximum absolute atomic E-state index is 9.36. The molecule has 0 bridgehead atoms. The van der Waals surface area contributed by atoms with Gasteiger partial charge in [-0.25, -0.2) is 0 Å². The van der Waals surface area contributed by atoms with E-state index in [0.29, 0.717) is 5.92 Å². The molecule has 0 aliphatic rings. The predicted octanol–water partition coefficient (Wildman–Crippen LogP) is 1.43. The van der Waals surface area contributed by atoms with Crippen molar-refractivity contribution in [1.29, 1.82) is 0 Å². The number of methoxy groups -OCH3 is 1. The van der Waals surface area contributed by atoms with Gasteiger partial charge in [-0.15, -0.1) is 0 Å². The summed E-state index contributed by atoms with van der Waals surface area (Å²) in [4.78, 5) is 0. The molecule has 0 saturated carbocycles. The smallest absolute Gasteiger partial charge is 0.0852 e. The zero-order valence-corrected chi connectivity index (χ0v) is 7.29. The molecule has 1 N–H and O–H groups in total. The number of hydrogen-bond donors (Lipinski definition) is 1. The van der Waals surface area contributed by atoms with E-state index in [1.165, 1.54) is 0 Å². The average molecular weight is 146 g/mol. The molecule has 0 aliphatic carbocycles. The molecule has 0 amide bonds. The quantitative estimate of drug-likeness (QED) is 0.650. The Labute approximate surface area is 63.2 Å². The van der Waals surface area contributed by atoms with Crippen molar-refractivity contribution in [2.75, 3.05) is 7.11 Å². The molecular formula is C8H18O2. The summed E-state index contributed by atoms with van der Waals surface area (Å²) in [5.74, 6) is 0.389. The largest absolute Gasteiger partial charge is 0.390 e. The summed E-state index contributed by atoms with van der Waals surface area (Å²) in [6.45, 7) is 6.05. The fraction of sp³-hybridized carbons (Fsp3) is 1.00. The second kappa shape index (κ2) is 4.69. The first-order chi connectivity index (χ1) is 4.63. The van der Waals surface area contributed by atoms with Gasteiger partial charge in [-0.2, -0.15) is 0 Å². The van der Waals surface area contributed by atoms with Crippen molar-refractivity contribution in [2.24, 2.45) is 5.92 Å². The molecule has 62 valence electrons. The van der Waals surface area contributed by atoms with Crippen LogP contribution in [0.25, 0.3) is 0 Å². The molecule has 0 radical (unpaired) electrons. The molecule has 0 fully saturated rings. The standard InChI is InChI=1S/C8H18O2/c1-5-7(9)8(10-4)6(2)3/h6-9H,5H2,1-4H3. The van der Waals surface area contributed by atoms with Crippen molar-refractivity contribution < 1.29 is 9.84 Å². The van der Waals surface area contributed by atoms with Gasteiger partial charge in [0, 0.05) is 7.11 Å². The highest BCUT2D eigenvalue weighted by atomic mass is 16.5. The van der Waals surface area contributed by atoms with E-state index in [2.05, 4.69) is 0 Å². The molecule has 2 atom stereocenters. The van der Waals surface area contributed by atoms with Gasteiger partial charge in [0.25, 0.3) is 0 Å². The predicted molar refractivity (Wildman–Crippen MR) is 41.9 cm³/mol. The third kappa shape index (κ3) is 2.67. The fourth-order valence-electron chi connectivity index (χ4n) is 1.11. The highest BCUT2D eigenvalue weighted by Crippen LogP contribution is 2.11. The number of aliphatic hydroxyl groups excluding tert-OH is 1. The second-order valence-electron chi connectivity index (χ2n) is 2.92. The van der Waals surface area contributed by atoms with Gasteiger partial charge in [0.1, 0.15) is 0 Å². The molecular weight excluding hydrogens is 128 g/mol. The summed E-state index contributed by atoms with van der Waals surface area (Å²) in [5.41, 5.74) is 0. The van der Waals surface area contributed by atoms with Crippen LogP contribution >= 0.6 is 0 Å². The molecule has 2 nitrogen and oxygen atoms in total. The van der Waals surface area contributed by atoms with Crippen molar-refractivity contribution in [1.82, 2.24) is 0 Å². The highest BCUT2D eigenvalue weighted by molar-refractivity contribution is 4.69. The normalized spacial score (nSPS) is 17.4. The molecule has 0 aromatic heterocycles. The van der Waals surface area contributed by atoms with Gasteiger partial charge in [-0.1, -0.05) is 20.8 Å². The summed E-state index contributed by atoms with van der Waals surface area (Å²) < 4.78 is 5.11. The first-order valence-electron chi connectivity index (χ1n) is 3.84. The fourth-order valence-corrected chi connectivity index (χ4v) is 1.11. The molecule has 0 aliphatic heterocycles. The van der Waals surface area contributed by atoms with E-state index in [9.17, 15) is 5.11 Å². The van der Waals surface area contributed by atoms with Crippen LogP contribution in [0, 0.1) is 5.92 Å². The van der Waals surface area contributed by atoms with Crippen LogP contribution in [0.3, 0.4) is 0 Å². The minimum atomic E-state index is -0.315. The molecule has 0 aromatic rings. The van der Waals surface area contributed by atoms with Crippen LogP contribution in [-0.4, -0.2) is 24.4 Å². The van der Waals surface area contributed by atoms with E-state index in [4.69, 9.17) is 4.74 Å². The third-order valence-corrected chi connectivity index (χ3v) is 1.73. The summed E-state index contributed by atoms with van der Waals surface area (Å²) in [7, 11) is 1.64. The Hall–Kier alpha value is -0.0800. The van der Waals surface area contributed by atoms with Crippen molar-refractivity contribution in [3.05, 3.63) is 0 Å². The number of aliphatic hydroxyl groups is 1. The number of ether oxygens (including phenoxy) is 1. The molecule has 10 heavy (non-hydrogen) atoms.